The number of hydrogen-bond donors (Lipinski definition) is 2. The lowest BCUT2D eigenvalue weighted by Gasteiger charge is -2.34. The Bertz CT molecular complexity index is 529. The number of rotatable bonds is 5. The van der Waals surface area contributed by atoms with E-state index in [-0.39, 0.29) is 24.7 Å². The van der Waals surface area contributed by atoms with Gasteiger partial charge in [-0.15, -0.1) is 12.4 Å². The smallest absolute Gasteiger partial charge is 0.368 e. The highest BCUT2D eigenvalue weighted by molar-refractivity contribution is 5.97. The van der Waals surface area contributed by atoms with Gasteiger partial charge in [-0.25, -0.2) is 0 Å². The normalized spacial score (nSPS) is 17.0. The van der Waals surface area contributed by atoms with Crippen molar-refractivity contribution < 1.29 is 22.7 Å². The fourth-order valence-electron chi connectivity index (χ4n) is 2.64. The van der Waals surface area contributed by atoms with E-state index in [0.717, 1.165) is 0 Å². The highest BCUT2D eigenvalue weighted by Crippen LogP contribution is 2.25. The Hall–Kier alpha value is -1.31. The quantitative estimate of drug-likeness (QED) is 0.840. The van der Waals surface area contributed by atoms with Crippen molar-refractivity contribution in [1.29, 1.82) is 0 Å². The number of aryl methyl sites for hydroxylation is 1. The van der Waals surface area contributed by atoms with Crippen molar-refractivity contribution in [2.24, 2.45) is 0 Å². The standard InChI is InChI=1S/C16H21F3N2O2.ClH/c1-23-15(8-10-20-11-9-15)14(22)21-13-4-2-12(3-5-13)6-7-16(17,18)19;/h2-5,20H,6-11H2,1H3,(H,21,22);1H. The van der Waals surface area contributed by atoms with Crippen LogP contribution in [0.2, 0.25) is 0 Å². The lowest BCUT2D eigenvalue weighted by atomic mass is 9.91. The maximum atomic E-state index is 12.4. The zero-order valence-electron chi connectivity index (χ0n) is 13.4. The van der Waals surface area contributed by atoms with Gasteiger partial charge in [0.2, 0.25) is 0 Å². The third-order valence-electron chi connectivity index (χ3n) is 4.12. The summed E-state index contributed by atoms with van der Waals surface area (Å²) >= 11 is 0. The number of benzene rings is 1. The van der Waals surface area contributed by atoms with Gasteiger partial charge < -0.3 is 15.4 Å². The zero-order chi connectivity index (χ0) is 16.9. The van der Waals surface area contributed by atoms with Crippen LogP contribution in [0.5, 0.6) is 0 Å². The molecule has 1 fully saturated rings. The van der Waals surface area contributed by atoms with Gasteiger partial charge in [0, 0.05) is 19.2 Å². The molecule has 1 saturated heterocycles. The number of piperidine rings is 1. The van der Waals surface area contributed by atoms with E-state index in [1.54, 1.807) is 24.3 Å². The molecule has 0 spiro atoms. The molecule has 24 heavy (non-hydrogen) atoms. The Labute approximate surface area is 145 Å². The van der Waals surface area contributed by atoms with Crippen molar-refractivity contribution >= 4 is 24.0 Å². The van der Waals surface area contributed by atoms with Gasteiger partial charge in [0.25, 0.3) is 5.91 Å². The number of amides is 1. The van der Waals surface area contributed by atoms with E-state index in [1.165, 1.54) is 7.11 Å². The van der Waals surface area contributed by atoms with E-state index in [4.69, 9.17) is 4.74 Å². The van der Waals surface area contributed by atoms with Crippen molar-refractivity contribution in [2.75, 3.05) is 25.5 Å². The second-order valence-electron chi connectivity index (χ2n) is 5.71. The summed E-state index contributed by atoms with van der Waals surface area (Å²) in [6.07, 6.45) is -3.91. The molecule has 8 heteroatoms. The summed E-state index contributed by atoms with van der Waals surface area (Å²) in [4.78, 5) is 12.4. The first-order valence-corrected chi connectivity index (χ1v) is 7.58. The molecular weight excluding hydrogens is 345 g/mol. The summed E-state index contributed by atoms with van der Waals surface area (Å²) in [7, 11) is 1.52. The van der Waals surface area contributed by atoms with Crippen molar-refractivity contribution in [3.63, 3.8) is 0 Å². The minimum Gasteiger partial charge on any atom is -0.368 e. The molecule has 1 amide bonds. The first kappa shape index (κ1) is 20.7. The van der Waals surface area contributed by atoms with Crippen molar-refractivity contribution in [3.8, 4) is 0 Å². The molecule has 0 bridgehead atoms. The molecule has 2 rings (SSSR count). The zero-order valence-corrected chi connectivity index (χ0v) is 14.2. The molecule has 1 aromatic carbocycles. The number of carbonyl (C=O) groups excluding carboxylic acids is 1. The fourth-order valence-corrected chi connectivity index (χ4v) is 2.64. The number of halogens is 4. The third-order valence-corrected chi connectivity index (χ3v) is 4.12. The second-order valence-corrected chi connectivity index (χ2v) is 5.71. The molecule has 4 nitrogen and oxygen atoms in total. The number of ether oxygens (including phenoxy) is 1. The monoisotopic (exact) mass is 366 g/mol. The van der Waals surface area contributed by atoms with E-state index < -0.39 is 18.2 Å². The topological polar surface area (TPSA) is 50.4 Å². The average molecular weight is 367 g/mol. The second kappa shape index (κ2) is 8.69. The predicted octanol–water partition coefficient (Wildman–Crippen LogP) is 3.31. The lowest BCUT2D eigenvalue weighted by Crippen LogP contribution is -2.51. The van der Waals surface area contributed by atoms with E-state index in [0.29, 0.717) is 37.2 Å². The van der Waals surface area contributed by atoms with Gasteiger partial charge in [0.1, 0.15) is 5.60 Å². The SMILES string of the molecule is COC1(C(=O)Nc2ccc(CCC(F)(F)F)cc2)CCNCC1.Cl. The van der Waals surface area contributed by atoms with Gasteiger partial charge in [-0.3, -0.25) is 4.79 Å². The minimum atomic E-state index is -4.16. The molecule has 0 aliphatic carbocycles. The maximum Gasteiger partial charge on any atom is 0.389 e. The Morgan fingerprint density at radius 1 is 1.25 bits per heavy atom. The summed E-state index contributed by atoms with van der Waals surface area (Å²) < 4.78 is 42.0. The summed E-state index contributed by atoms with van der Waals surface area (Å²) in [6.45, 7) is 1.41. The molecule has 1 heterocycles. The largest absolute Gasteiger partial charge is 0.389 e. The number of alkyl halides is 3. The molecule has 0 atom stereocenters. The Balaban J connectivity index is 0.00000288. The highest BCUT2D eigenvalue weighted by atomic mass is 35.5. The summed E-state index contributed by atoms with van der Waals surface area (Å²) in [5, 5.41) is 5.96. The molecule has 1 aromatic rings. The summed E-state index contributed by atoms with van der Waals surface area (Å²) in [5.41, 5.74) is 0.296. The Morgan fingerprint density at radius 2 is 1.83 bits per heavy atom. The molecular formula is C16H22ClF3N2O2. The molecule has 2 N–H and O–H groups in total. The predicted molar refractivity (Wildman–Crippen MR) is 88.5 cm³/mol. The summed E-state index contributed by atoms with van der Waals surface area (Å²) in [5.74, 6) is -0.218. The molecule has 0 radical (unpaired) electrons. The van der Waals surface area contributed by atoms with Gasteiger partial charge in [-0.05, 0) is 50.0 Å². The van der Waals surface area contributed by atoms with Crippen molar-refractivity contribution in [2.45, 2.75) is 37.5 Å². The number of carbonyl (C=O) groups is 1. The van der Waals surface area contributed by atoms with Crippen LogP contribution in [-0.2, 0) is 16.0 Å². The van der Waals surface area contributed by atoms with Crippen LogP contribution >= 0.6 is 12.4 Å². The third kappa shape index (κ3) is 5.65. The van der Waals surface area contributed by atoms with Gasteiger partial charge in [-0.1, -0.05) is 12.1 Å². The van der Waals surface area contributed by atoms with Gasteiger partial charge in [0.15, 0.2) is 0 Å². The molecule has 0 saturated carbocycles. The maximum absolute atomic E-state index is 12.4. The molecule has 0 unspecified atom stereocenters. The molecule has 1 aliphatic rings. The lowest BCUT2D eigenvalue weighted by molar-refractivity contribution is -0.140. The molecule has 0 aromatic heterocycles. The molecule has 136 valence electrons. The summed E-state index contributed by atoms with van der Waals surface area (Å²) in [6, 6.07) is 6.44. The van der Waals surface area contributed by atoms with E-state index in [9.17, 15) is 18.0 Å². The first-order chi connectivity index (χ1) is 10.8. The minimum absolute atomic E-state index is 0. The Morgan fingerprint density at radius 3 is 2.33 bits per heavy atom. The van der Waals surface area contributed by atoms with E-state index in [2.05, 4.69) is 10.6 Å². The van der Waals surface area contributed by atoms with Crippen LogP contribution in [0.4, 0.5) is 18.9 Å². The van der Waals surface area contributed by atoms with Crippen LogP contribution in [-0.4, -0.2) is 37.9 Å². The molecule has 1 aliphatic heterocycles. The van der Waals surface area contributed by atoms with Crippen LogP contribution in [0, 0.1) is 0 Å². The van der Waals surface area contributed by atoms with Gasteiger partial charge in [0.05, 0.1) is 0 Å². The number of hydrogen-bond acceptors (Lipinski definition) is 3. The van der Waals surface area contributed by atoms with Crippen LogP contribution < -0.4 is 10.6 Å². The van der Waals surface area contributed by atoms with Crippen molar-refractivity contribution in [1.82, 2.24) is 5.32 Å². The van der Waals surface area contributed by atoms with Crippen LogP contribution in [0.1, 0.15) is 24.8 Å². The van der Waals surface area contributed by atoms with Crippen molar-refractivity contribution in [3.05, 3.63) is 29.8 Å². The van der Waals surface area contributed by atoms with Crippen LogP contribution in [0.25, 0.3) is 0 Å². The average Bonchev–Trinajstić information content (AvgIpc) is 2.54. The number of methoxy groups -OCH3 is 1. The van der Waals surface area contributed by atoms with Crippen LogP contribution in [0.3, 0.4) is 0 Å². The van der Waals surface area contributed by atoms with Crippen LogP contribution in [0.15, 0.2) is 24.3 Å². The van der Waals surface area contributed by atoms with Gasteiger partial charge in [-0.2, -0.15) is 13.2 Å². The highest BCUT2D eigenvalue weighted by Gasteiger charge is 2.39. The number of nitrogens with one attached hydrogen (secondary N) is 2. The first-order valence-electron chi connectivity index (χ1n) is 7.58. The van der Waals surface area contributed by atoms with E-state index in [1.807, 2.05) is 0 Å². The Kier molecular flexibility index (Phi) is 7.51. The van der Waals surface area contributed by atoms with E-state index >= 15 is 0 Å². The fraction of sp³-hybridized carbons (Fsp3) is 0.562. The van der Waals surface area contributed by atoms with Gasteiger partial charge >= 0.3 is 6.18 Å². The number of anilines is 1.